The van der Waals surface area contributed by atoms with E-state index in [9.17, 15) is 4.79 Å². The van der Waals surface area contributed by atoms with E-state index in [1.54, 1.807) is 0 Å². The summed E-state index contributed by atoms with van der Waals surface area (Å²) in [7, 11) is 0. The predicted molar refractivity (Wildman–Crippen MR) is 90.5 cm³/mol. The fourth-order valence-electron chi connectivity index (χ4n) is 3.08. The summed E-state index contributed by atoms with van der Waals surface area (Å²) in [5.74, 6) is 2.37. The van der Waals surface area contributed by atoms with Crippen molar-refractivity contribution in [2.75, 3.05) is 50.9 Å². The fraction of sp³-hybridized carbons (Fsp3) is 0.588. The van der Waals surface area contributed by atoms with E-state index in [4.69, 9.17) is 4.74 Å². The van der Waals surface area contributed by atoms with Crippen molar-refractivity contribution in [3.63, 3.8) is 0 Å². The van der Waals surface area contributed by atoms with Gasteiger partial charge in [0, 0.05) is 37.5 Å². The number of rotatable bonds is 3. The molecule has 22 heavy (non-hydrogen) atoms. The van der Waals surface area contributed by atoms with Crippen LogP contribution in [0.2, 0.25) is 0 Å². The first kappa shape index (κ1) is 15.8. The minimum Gasteiger partial charge on any atom is -0.379 e. The molecule has 2 fully saturated rings. The van der Waals surface area contributed by atoms with Crippen LogP contribution in [0.25, 0.3) is 0 Å². The second-order valence-corrected chi connectivity index (χ2v) is 7.01. The highest BCUT2D eigenvalue weighted by Crippen LogP contribution is 2.20. The van der Waals surface area contributed by atoms with E-state index in [1.165, 1.54) is 0 Å². The van der Waals surface area contributed by atoms with Gasteiger partial charge in [-0.3, -0.25) is 9.69 Å². The molecule has 1 aromatic carbocycles. The van der Waals surface area contributed by atoms with E-state index in [1.807, 2.05) is 42.1 Å². The first-order valence-corrected chi connectivity index (χ1v) is 9.24. The SMILES string of the molecule is O=C(c1ccccc1)N1CCCSCC1CN1CCOCC1. The Balaban J connectivity index is 1.71. The van der Waals surface area contributed by atoms with Gasteiger partial charge < -0.3 is 9.64 Å². The van der Waals surface area contributed by atoms with Crippen molar-refractivity contribution in [3.8, 4) is 0 Å². The van der Waals surface area contributed by atoms with E-state index < -0.39 is 0 Å². The summed E-state index contributed by atoms with van der Waals surface area (Å²) >= 11 is 1.98. The molecule has 0 aliphatic carbocycles. The van der Waals surface area contributed by atoms with Gasteiger partial charge in [-0.15, -0.1) is 0 Å². The summed E-state index contributed by atoms with van der Waals surface area (Å²) in [6.45, 7) is 5.42. The first-order valence-electron chi connectivity index (χ1n) is 8.08. The third kappa shape index (κ3) is 4.03. The number of hydrogen-bond acceptors (Lipinski definition) is 4. The zero-order valence-corrected chi connectivity index (χ0v) is 13.8. The lowest BCUT2D eigenvalue weighted by Crippen LogP contribution is -2.50. The smallest absolute Gasteiger partial charge is 0.254 e. The molecule has 3 rings (SSSR count). The lowest BCUT2D eigenvalue weighted by Gasteiger charge is -2.35. The number of carbonyl (C=O) groups is 1. The second kappa shape index (κ2) is 7.99. The van der Waals surface area contributed by atoms with Gasteiger partial charge in [-0.05, 0) is 24.3 Å². The van der Waals surface area contributed by atoms with E-state index in [0.29, 0.717) is 6.04 Å². The Kier molecular flexibility index (Phi) is 5.76. The molecule has 1 amide bonds. The molecule has 2 saturated heterocycles. The normalized spacial score (nSPS) is 24.0. The van der Waals surface area contributed by atoms with Crippen LogP contribution in [0.4, 0.5) is 0 Å². The summed E-state index contributed by atoms with van der Waals surface area (Å²) in [6, 6.07) is 9.99. The van der Waals surface area contributed by atoms with E-state index >= 15 is 0 Å². The molecule has 2 aliphatic heterocycles. The topological polar surface area (TPSA) is 32.8 Å². The van der Waals surface area contributed by atoms with Gasteiger partial charge in [0.05, 0.1) is 19.3 Å². The lowest BCUT2D eigenvalue weighted by atomic mass is 10.1. The minimum atomic E-state index is 0.182. The van der Waals surface area contributed by atoms with Crippen LogP contribution < -0.4 is 0 Å². The number of benzene rings is 1. The molecule has 0 saturated carbocycles. The summed E-state index contributed by atoms with van der Waals surface area (Å²) in [5, 5.41) is 0. The van der Waals surface area contributed by atoms with Crippen molar-refractivity contribution >= 4 is 17.7 Å². The molecular formula is C17H24N2O2S. The van der Waals surface area contributed by atoms with Crippen LogP contribution >= 0.6 is 11.8 Å². The molecule has 120 valence electrons. The molecule has 1 aromatic rings. The van der Waals surface area contributed by atoms with Gasteiger partial charge in [0.2, 0.25) is 0 Å². The predicted octanol–water partition coefficient (Wildman–Crippen LogP) is 1.97. The third-order valence-electron chi connectivity index (χ3n) is 4.29. The van der Waals surface area contributed by atoms with E-state index in [-0.39, 0.29) is 5.91 Å². The van der Waals surface area contributed by atoms with Crippen LogP contribution in [0.5, 0.6) is 0 Å². The number of amides is 1. The van der Waals surface area contributed by atoms with Crippen LogP contribution in [-0.2, 0) is 4.74 Å². The van der Waals surface area contributed by atoms with Crippen molar-refractivity contribution in [1.82, 2.24) is 9.80 Å². The number of thioether (sulfide) groups is 1. The molecule has 0 N–H and O–H groups in total. The van der Waals surface area contributed by atoms with Gasteiger partial charge in [0.25, 0.3) is 5.91 Å². The molecule has 0 spiro atoms. The Labute approximate surface area is 136 Å². The average Bonchev–Trinajstić information content (AvgIpc) is 2.81. The standard InChI is InChI=1S/C17H24N2O2S/c20-17(15-5-2-1-3-6-15)19-7-4-12-22-14-16(19)13-18-8-10-21-11-9-18/h1-3,5-6,16H,4,7-14H2. The van der Waals surface area contributed by atoms with Crippen LogP contribution in [0.15, 0.2) is 30.3 Å². The number of hydrogen-bond donors (Lipinski definition) is 0. The monoisotopic (exact) mass is 320 g/mol. The highest BCUT2D eigenvalue weighted by atomic mass is 32.2. The van der Waals surface area contributed by atoms with Crippen LogP contribution in [0.3, 0.4) is 0 Å². The first-order chi connectivity index (χ1) is 10.8. The fourth-order valence-corrected chi connectivity index (χ4v) is 4.13. The maximum absolute atomic E-state index is 12.9. The summed E-state index contributed by atoms with van der Waals surface area (Å²) < 4.78 is 5.43. The molecule has 0 aromatic heterocycles. The number of morpholine rings is 1. The van der Waals surface area contributed by atoms with Crippen LogP contribution in [-0.4, -0.2) is 72.6 Å². The molecule has 0 bridgehead atoms. The lowest BCUT2D eigenvalue weighted by molar-refractivity contribution is 0.0245. The van der Waals surface area contributed by atoms with Crippen molar-refractivity contribution in [3.05, 3.63) is 35.9 Å². The maximum atomic E-state index is 12.9. The Hall–Kier alpha value is -1.04. The van der Waals surface area contributed by atoms with Gasteiger partial charge in [-0.25, -0.2) is 0 Å². The molecule has 4 nitrogen and oxygen atoms in total. The summed E-state index contributed by atoms with van der Waals surface area (Å²) in [5.41, 5.74) is 0.807. The molecule has 1 atom stereocenters. The quantitative estimate of drug-likeness (QED) is 0.852. The average molecular weight is 320 g/mol. The van der Waals surface area contributed by atoms with Crippen molar-refractivity contribution in [1.29, 1.82) is 0 Å². The van der Waals surface area contributed by atoms with Gasteiger partial charge in [-0.1, -0.05) is 18.2 Å². The van der Waals surface area contributed by atoms with Crippen LogP contribution in [0.1, 0.15) is 16.8 Å². The number of carbonyl (C=O) groups excluding carboxylic acids is 1. The molecule has 2 heterocycles. The molecule has 1 unspecified atom stereocenters. The highest BCUT2D eigenvalue weighted by Gasteiger charge is 2.28. The van der Waals surface area contributed by atoms with E-state index in [0.717, 1.165) is 62.9 Å². The third-order valence-corrected chi connectivity index (χ3v) is 5.49. The van der Waals surface area contributed by atoms with Crippen molar-refractivity contribution in [2.45, 2.75) is 12.5 Å². The zero-order valence-electron chi connectivity index (χ0n) is 12.9. The Morgan fingerprint density at radius 1 is 1.18 bits per heavy atom. The molecule has 0 radical (unpaired) electrons. The summed E-state index contributed by atoms with van der Waals surface area (Å²) in [4.78, 5) is 17.4. The Morgan fingerprint density at radius 2 is 1.95 bits per heavy atom. The maximum Gasteiger partial charge on any atom is 0.254 e. The highest BCUT2D eigenvalue weighted by molar-refractivity contribution is 7.99. The molecular weight excluding hydrogens is 296 g/mol. The van der Waals surface area contributed by atoms with E-state index in [2.05, 4.69) is 9.80 Å². The molecule has 5 heteroatoms. The minimum absolute atomic E-state index is 0.182. The Bertz CT molecular complexity index is 477. The van der Waals surface area contributed by atoms with Crippen molar-refractivity contribution < 1.29 is 9.53 Å². The zero-order chi connectivity index (χ0) is 15.2. The summed E-state index contributed by atoms with van der Waals surface area (Å²) in [6.07, 6.45) is 1.09. The van der Waals surface area contributed by atoms with Gasteiger partial charge in [-0.2, -0.15) is 11.8 Å². The van der Waals surface area contributed by atoms with Crippen LogP contribution in [0, 0.1) is 0 Å². The number of ether oxygens (including phenoxy) is 1. The van der Waals surface area contributed by atoms with Gasteiger partial charge in [0.1, 0.15) is 0 Å². The molecule has 2 aliphatic rings. The van der Waals surface area contributed by atoms with Gasteiger partial charge in [0.15, 0.2) is 0 Å². The number of nitrogens with zero attached hydrogens (tertiary/aromatic N) is 2. The van der Waals surface area contributed by atoms with Crippen molar-refractivity contribution in [2.24, 2.45) is 0 Å². The van der Waals surface area contributed by atoms with Gasteiger partial charge >= 0.3 is 0 Å². The second-order valence-electron chi connectivity index (χ2n) is 5.86. The Morgan fingerprint density at radius 3 is 2.73 bits per heavy atom. The largest absolute Gasteiger partial charge is 0.379 e.